The molecule has 0 unspecified atom stereocenters. The van der Waals surface area contributed by atoms with Crippen molar-refractivity contribution in [2.45, 2.75) is 33.4 Å². The molecule has 156 valence electrons. The van der Waals surface area contributed by atoms with Gasteiger partial charge in [0.1, 0.15) is 50.6 Å². The summed E-state index contributed by atoms with van der Waals surface area (Å²) in [5.74, 6) is 1.06. The van der Waals surface area contributed by atoms with Crippen LogP contribution in [0, 0.1) is 13.8 Å². The second-order valence-electron chi connectivity index (χ2n) is 8.87. The van der Waals surface area contributed by atoms with Gasteiger partial charge in [0.2, 0.25) is 0 Å². The Morgan fingerprint density at radius 2 is 1.70 bits per heavy atom. The molecule has 1 saturated heterocycles. The molecule has 1 fully saturated rings. The molecule has 2 aromatic carbocycles. The molecule has 1 aromatic heterocycles. The van der Waals surface area contributed by atoms with Crippen LogP contribution in [0.5, 0.6) is 5.75 Å². The first kappa shape index (κ1) is 19.3. The normalized spacial score (nSPS) is 20.9. The minimum absolute atomic E-state index is 0.240. The molecule has 2 N–H and O–H groups in total. The van der Waals surface area contributed by atoms with Gasteiger partial charge in [0, 0.05) is 29.0 Å². The van der Waals surface area contributed by atoms with E-state index < -0.39 is 0 Å². The Balaban J connectivity index is 1.25. The summed E-state index contributed by atoms with van der Waals surface area (Å²) in [6, 6.07) is 12.6. The van der Waals surface area contributed by atoms with Crippen LogP contribution >= 0.6 is 0 Å². The third-order valence-corrected chi connectivity index (χ3v) is 6.83. The number of fused-ring (bicyclic) bond motifs is 2. The van der Waals surface area contributed by atoms with E-state index in [2.05, 4.69) is 37.3 Å². The molecule has 2 aliphatic rings. The number of hydrogen-bond acceptors (Lipinski definition) is 3. The monoisotopic (exact) mass is 406 g/mol. The van der Waals surface area contributed by atoms with Crippen LogP contribution in [-0.2, 0) is 19.5 Å². The highest BCUT2D eigenvalue weighted by Gasteiger charge is 2.25. The SMILES string of the molecule is Cc1ccc2c(C[NH+]3CC[NH+](Cc4ccc5c(c4)CCO5)CC3)cc(=O)oc2c1C. The second-order valence-corrected chi connectivity index (χ2v) is 8.87. The first-order valence-electron chi connectivity index (χ1n) is 11.0. The van der Waals surface area contributed by atoms with Gasteiger partial charge < -0.3 is 19.0 Å². The van der Waals surface area contributed by atoms with Gasteiger partial charge >= 0.3 is 5.63 Å². The van der Waals surface area contributed by atoms with Crippen molar-refractivity contribution in [3.8, 4) is 5.75 Å². The maximum atomic E-state index is 12.2. The molecule has 0 radical (unpaired) electrons. The van der Waals surface area contributed by atoms with Crippen molar-refractivity contribution in [1.29, 1.82) is 0 Å². The number of benzene rings is 2. The molecule has 0 bridgehead atoms. The molecule has 0 spiro atoms. The van der Waals surface area contributed by atoms with Crippen molar-refractivity contribution in [2.75, 3.05) is 32.8 Å². The van der Waals surface area contributed by atoms with Crippen LogP contribution < -0.4 is 20.2 Å². The molecule has 5 heteroatoms. The van der Waals surface area contributed by atoms with Gasteiger partial charge in [-0.05, 0) is 48.7 Å². The number of ether oxygens (including phenoxy) is 1. The van der Waals surface area contributed by atoms with Crippen molar-refractivity contribution < 1.29 is 19.0 Å². The largest absolute Gasteiger partial charge is 0.493 e. The van der Waals surface area contributed by atoms with E-state index in [-0.39, 0.29) is 5.63 Å². The highest BCUT2D eigenvalue weighted by Crippen LogP contribution is 2.25. The number of quaternary nitrogens is 2. The Kier molecular flexibility index (Phi) is 5.09. The van der Waals surface area contributed by atoms with E-state index in [1.54, 1.807) is 15.9 Å². The van der Waals surface area contributed by atoms with Crippen LogP contribution in [0.15, 0.2) is 45.6 Å². The minimum Gasteiger partial charge on any atom is -0.493 e. The molecular weight excluding hydrogens is 376 g/mol. The van der Waals surface area contributed by atoms with E-state index in [1.165, 1.54) is 11.1 Å². The Labute approximate surface area is 176 Å². The van der Waals surface area contributed by atoms with Gasteiger partial charge in [-0.1, -0.05) is 12.1 Å². The predicted octanol–water partition coefficient (Wildman–Crippen LogP) is 0.828. The Bertz CT molecular complexity index is 1140. The summed E-state index contributed by atoms with van der Waals surface area (Å²) in [6.07, 6.45) is 1.04. The minimum atomic E-state index is -0.240. The molecule has 5 nitrogen and oxygen atoms in total. The number of piperazine rings is 1. The van der Waals surface area contributed by atoms with Gasteiger partial charge in [0.25, 0.3) is 0 Å². The number of aryl methyl sites for hydroxylation is 2. The van der Waals surface area contributed by atoms with Crippen molar-refractivity contribution in [3.05, 3.63) is 74.6 Å². The second kappa shape index (κ2) is 7.89. The summed E-state index contributed by atoms with van der Waals surface area (Å²) in [5, 5.41) is 1.08. The molecule has 0 saturated carbocycles. The molecule has 2 aliphatic heterocycles. The number of nitrogens with one attached hydrogen (secondary N) is 2. The molecular formula is C25H30N2O3+2. The van der Waals surface area contributed by atoms with Gasteiger partial charge in [0.05, 0.1) is 6.61 Å². The molecule has 0 amide bonds. The number of hydrogen-bond donors (Lipinski definition) is 2. The number of rotatable bonds is 4. The predicted molar refractivity (Wildman–Crippen MR) is 116 cm³/mol. The van der Waals surface area contributed by atoms with Crippen LogP contribution in [0.25, 0.3) is 11.0 Å². The molecule has 3 heterocycles. The third kappa shape index (κ3) is 3.75. The van der Waals surface area contributed by atoms with Gasteiger partial charge in [0.15, 0.2) is 0 Å². The van der Waals surface area contributed by atoms with Gasteiger partial charge in [-0.2, -0.15) is 0 Å². The Morgan fingerprint density at radius 3 is 2.50 bits per heavy atom. The van der Waals surface area contributed by atoms with Gasteiger partial charge in [-0.3, -0.25) is 0 Å². The molecule has 0 aliphatic carbocycles. The maximum Gasteiger partial charge on any atom is 0.336 e. The summed E-state index contributed by atoms with van der Waals surface area (Å²) >= 11 is 0. The third-order valence-electron chi connectivity index (χ3n) is 6.83. The first-order chi connectivity index (χ1) is 14.6. The van der Waals surface area contributed by atoms with Crippen molar-refractivity contribution in [3.63, 3.8) is 0 Å². The van der Waals surface area contributed by atoms with Crippen LogP contribution in [-0.4, -0.2) is 32.8 Å². The van der Waals surface area contributed by atoms with E-state index in [9.17, 15) is 4.79 Å². The fraction of sp³-hybridized carbons (Fsp3) is 0.400. The fourth-order valence-corrected chi connectivity index (χ4v) is 4.89. The molecule has 3 aromatic rings. The van der Waals surface area contributed by atoms with Gasteiger partial charge in [-0.15, -0.1) is 0 Å². The van der Waals surface area contributed by atoms with Crippen molar-refractivity contribution in [1.82, 2.24) is 0 Å². The Morgan fingerprint density at radius 1 is 0.933 bits per heavy atom. The van der Waals surface area contributed by atoms with E-state index in [1.807, 2.05) is 6.92 Å². The zero-order valence-corrected chi connectivity index (χ0v) is 17.8. The lowest BCUT2D eigenvalue weighted by Crippen LogP contribution is -3.27. The highest BCUT2D eigenvalue weighted by molar-refractivity contribution is 5.83. The zero-order valence-electron chi connectivity index (χ0n) is 17.8. The standard InChI is InChI=1S/C25H28N2O3/c1-17-3-5-22-21(14-24(28)30-25(22)18(17)2)16-27-10-8-26(9-11-27)15-19-4-6-23-20(13-19)7-12-29-23/h3-6,13-14H,7-12,15-16H2,1-2H3/p+2. The summed E-state index contributed by atoms with van der Waals surface area (Å²) in [7, 11) is 0. The summed E-state index contributed by atoms with van der Waals surface area (Å²) in [5.41, 5.74) is 6.62. The molecule has 5 rings (SSSR count). The van der Waals surface area contributed by atoms with E-state index in [0.29, 0.717) is 0 Å². The summed E-state index contributed by atoms with van der Waals surface area (Å²) < 4.78 is 11.2. The average molecular weight is 407 g/mol. The van der Waals surface area contributed by atoms with Crippen LogP contribution in [0.1, 0.15) is 27.8 Å². The molecule has 30 heavy (non-hydrogen) atoms. The fourth-order valence-electron chi connectivity index (χ4n) is 4.89. The topological polar surface area (TPSA) is 48.3 Å². The Hall–Kier alpha value is -2.63. The maximum absolute atomic E-state index is 12.2. The van der Waals surface area contributed by atoms with Crippen molar-refractivity contribution >= 4 is 11.0 Å². The summed E-state index contributed by atoms with van der Waals surface area (Å²) in [6.45, 7) is 11.4. The van der Waals surface area contributed by atoms with Gasteiger partial charge in [-0.25, -0.2) is 4.79 Å². The average Bonchev–Trinajstić information content (AvgIpc) is 3.20. The van der Waals surface area contributed by atoms with Crippen LogP contribution in [0.2, 0.25) is 0 Å². The smallest absolute Gasteiger partial charge is 0.336 e. The lowest BCUT2D eigenvalue weighted by atomic mass is 10.0. The highest BCUT2D eigenvalue weighted by atomic mass is 16.5. The van der Waals surface area contributed by atoms with Crippen molar-refractivity contribution in [2.24, 2.45) is 0 Å². The quantitative estimate of drug-likeness (QED) is 0.631. The lowest BCUT2D eigenvalue weighted by molar-refractivity contribution is -1.02. The van der Waals surface area contributed by atoms with Crippen LogP contribution in [0.3, 0.4) is 0 Å². The zero-order chi connectivity index (χ0) is 20.7. The lowest BCUT2D eigenvalue weighted by Gasteiger charge is -2.30. The van der Waals surface area contributed by atoms with E-state index in [4.69, 9.17) is 9.15 Å². The first-order valence-corrected chi connectivity index (χ1v) is 11.0. The van der Waals surface area contributed by atoms with E-state index >= 15 is 0 Å². The molecule has 0 atom stereocenters. The van der Waals surface area contributed by atoms with Crippen LogP contribution in [0.4, 0.5) is 0 Å². The summed E-state index contributed by atoms with van der Waals surface area (Å²) in [4.78, 5) is 15.3. The van der Waals surface area contributed by atoms with E-state index in [0.717, 1.165) is 85.7 Å².